The molecule has 4 aromatic rings. The summed E-state index contributed by atoms with van der Waals surface area (Å²) in [6.45, 7) is 3.65. The van der Waals surface area contributed by atoms with Crippen LogP contribution in [-0.2, 0) is 9.53 Å². The van der Waals surface area contributed by atoms with Crippen LogP contribution >= 0.6 is 11.3 Å². The van der Waals surface area contributed by atoms with Crippen molar-refractivity contribution in [2.24, 2.45) is 4.99 Å². The fourth-order valence-electron chi connectivity index (χ4n) is 4.38. The van der Waals surface area contributed by atoms with Gasteiger partial charge in [0.2, 0.25) is 0 Å². The molecule has 1 aliphatic heterocycles. The minimum Gasteiger partial charge on any atom is -0.497 e. The number of fused-ring (bicyclic) bond motifs is 1. The van der Waals surface area contributed by atoms with E-state index in [0.717, 1.165) is 0 Å². The molecule has 1 aliphatic rings. The molecule has 1 atom stereocenters. The lowest BCUT2D eigenvalue weighted by Crippen LogP contribution is -2.39. The molecule has 198 valence electrons. The molecule has 10 heteroatoms. The maximum absolute atomic E-state index is 13.7. The first-order valence-electron chi connectivity index (χ1n) is 12.1. The van der Waals surface area contributed by atoms with Gasteiger partial charge in [-0.1, -0.05) is 35.6 Å². The second kappa shape index (κ2) is 10.6. The zero-order chi connectivity index (χ0) is 27.7. The van der Waals surface area contributed by atoms with Crippen LogP contribution in [0.4, 0.5) is 0 Å². The summed E-state index contributed by atoms with van der Waals surface area (Å²) < 4.78 is 18.4. The Morgan fingerprint density at radius 2 is 1.82 bits per heavy atom. The third kappa shape index (κ3) is 4.94. The first kappa shape index (κ1) is 25.9. The highest BCUT2D eigenvalue weighted by Crippen LogP contribution is 2.31. The van der Waals surface area contributed by atoms with Gasteiger partial charge in [0.15, 0.2) is 4.80 Å². The molecule has 0 radical (unpaired) electrons. The Morgan fingerprint density at radius 3 is 2.46 bits per heavy atom. The number of carboxylic acids is 1. The molecule has 39 heavy (non-hydrogen) atoms. The summed E-state index contributed by atoms with van der Waals surface area (Å²) >= 11 is 1.20. The number of nitrogens with zero attached hydrogens (tertiary/aromatic N) is 2. The maximum Gasteiger partial charge on any atom is 0.338 e. The van der Waals surface area contributed by atoms with Crippen LogP contribution in [0.25, 0.3) is 17.4 Å². The highest BCUT2D eigenvalue weighted by Gasteiger charge is 2.33. The van der Waals surface area contributed by atoms with Crippen molar-refractivity contribution in [2.45, 2.75) is 19.9 Å². The van der Waals surface area contributed by atoms with E-state index in [1.807, 2.05) is 12.1 Å². The number of carbonyl (C=O) groups excluding carboxylic acids is 1. The zero-order valence-electron chi connectivity index (χ0n) is 21.3. The Morgan fingerprint density at radius 1 is 1.10 bits per heavy atom. The number of rotatable bonds is 7. The third-order valence-electron chi connectivity index (χ3n) is 6.27. The van der Waals surface area contributed by atoms with E-state index in [1.165, 1.54) is 28.0 Å². The van der Waals surface area contributed by atoms with Crippen LogP contribution in [-0.4, -0.2) is 35.3 Å². The number of thiazole rings is 1. The van der Waals surface area contributed by atoms with E-state index in [1.54, 1.807) is 63.4 Å². The van der Waals surface area contributed by atoms with Crippen LogP contribution in [0, 0.1) is 0 Å². The van der Waals surface area contributed by atoms with Crippen molar-refractivity contribution >= 4 is 29.4 Å². The Kier molecular flexibility index (Phi) is 7.03. The van der Waals surface area contributed by atoms with E-state index in [9.17, 15) is 14.4 Å². The molecule has 0 fully saturated rings. The summed E-state index contributed by atoms with van der Waals surface area (Å²) in [5.74, 6) is 0.0861. The maximum atomic E-state index is 13.7. The van der Waals surface area contributed by atoms with Crippen LogP contribution in [0.15, 0.2) is 86.1 Å². The summed E-state index contributed by atoms with van der Waals surface area (Å²) in [6, 6.07) is 16.3. The summed E-state index contributed by atoms with van der Waals surface area (Å²) in [5, 5.41) is 9.11. The molecule has 0 amide bonds. The van der Waals surface area contributed by atoms with Gasteiger partial charge in [0, 0.05) is 11.6 Å². The topological polar surface area (TPSA) is 120 Å². The van der Waals surface area contributed by atoms with Gasteiger partial charge in [0.05, 0.1) is 41.1 Å². The smallest absolute Gasteiger partial charge is 0.338 e. The van der Waals surface area contributed by atoms with Crippen molar-refractivity contribution in [3.8, 4) is 17.1 Å². The number of hydrogen-bond donors (Lipinski definition) is 1. The molecule has 0 saturated heterocycles. The molecular weight excluding hydrogens is 520 g/mol. The van der Waals surface area contributed by atoms with Crippen LogP contribution in [0.3, 0.4) is 0 Å². The van der Waals surface area contributed by atoms with E-state index in [-0.39, 0.29) is 17.7 Å². The summed E-state index contributed by atoms with van der Waals surface area (Å²) in [7, 11) is 1.57. The van der Waals surface area contributed by atoms with E-state index < -0.39 is 18.0 Å². The molecule has 0 bridgehead atoms. The van der Waals surface area contributed by atoms with E-state index in [0.29, 0.717) is 49.0 Å². The number of ether oxygens (including phenoxy) is 2. The number of carboxylic acid groups (broad SMARTS) is 1. The van der Waals surface area contributed by atoms with Crippen LogP contribution < -0.4 is 19.6 Å². The van der Waals surface area contributed by atoms with Gasteiger partial charge in [-0.05, 0) is 55.8 Å². The minimum atomic E-state index is -1.01. The third-order valence-corrected chi connectivity index (χ3v) is 7.25. The van der Waals surface area contributed by atoms with Gasteiger partial charge in [-0.2, -0.15) is 0 Å². The van der Waals surface area contributed by atoms with Crippen LogP contribution in [0.1, 0.15) is 41.6 Å². The number of esters is 1. The van der Waals surface area contributed by atoms with Gasteiger partial charge in [-0.3, -0.25) is 9.36 Å². The van der Waals surface area contributed by atoms with Gasteiger partial charge >= 0.3 is 11.9 Å². The lowest BCUT2D eigenvalue weighted by molar-refractivity contribution is -0.139. The standard InChI is InChI=1S/C29H24N2O7S/c1-4-37-28(35)24-16(2)30-29-31(25(24)18-9-11-20(36-3)12-10-18)26(32)23(39-29)15-21-13-14-22(38-21)17-5-7-19(8-6-17)27(33)34/h5-15,25H,4H2,1-3H3,(H,33,34)/b23-15+/t25-/m0/s1. The number of aromatic nitrogens is 1. The van der Waals surface area contributed by atoms with Crippen molar-refractivity contribution < 1.29 is 28.6 Å². The SMILES string of the molecule is CCOC(=O)C1=C(C)N=c2s/c(=C/c3ccc(-c4ccc(C(=O)O)cc4)o3)c(=O)n2[C@H]1c1ccc(OC)cc1. The first-order valence-corrected chi connectivity index (χ1v) is 12.9. The fourth-order valence-corrected chi connectivity index (χ4v) is 5.41. The summed E-state index contributed by atoms with van der Waals surface area (Å²) in [4.78, 5) is 42.9. The number of hydrogen-bond acceptors (Lipinski definition) is 8. The first-order chi connectivity index (χ1) is 18.8. The molecule has 0 unspecified atom stereocenters. The zero-order valence-corrected chi connectivity index (χ0v) is 22.2. The predicted molar refractivity (Wildman–Crippen MR) is 144 cm³/mol. The molecule has 0 aliphatic carbocycles. The second-order valence-corrected chi connectivity index (χ2v) is 9.67. The molecular formula is C29H24N2O7S. The van der Waals surface area contributed by atoms with Crippen molar-refractivity contribution in [1.29, 1.82) is 0 Å². The lowest BCUT2D eigenvalue weighted by Gasteiger charge is -2.24. The average Bonchev–Trinajstić information content (AvgIpc) is 3.52. The van der Waals surface area contributed by atoms with Crippen molar-refractivity contribution in [2.75, 3.05) is 13.7 Å². The molecule has 3 heterocycles. The molecule has 1 N–H and O–H groups in total. The van der Waals surface area contributed by atoms with E-state index in [4.69, 9.17) is 19.0 Å². The van der Waals surface area contributed by atoms with Crippen molar-refractivity contribution in [3.05, 3.63) is 109 Å². The average molecular weight is 545 g/mol. The van der Waals surface area contributed by atoms with Gasteiger partial charge in [0.25, 0.3) is 5.56 Å². The highest BCUT2D eigenvalue weighted by molar-refractivity contribution is 7.07. The lowest BCUT2D eigenvalue weighted by atomic mass is 9.96. The Balaban J connectivity index is 1.59. The van der Waals surface area contributed by atoms with Crippen molar-refractivity contribution in [1.82, 2.24) is 4.57 Å². The highest BCUT2D eigenvalue weighted by atomic mass is 32.1. The van der Waals surface area contributed by atoms with Gasteiger partial charge in [0.1, 0.15) is 17.3 Å². The van der Waals surface area contributed by atoms with Gasteiger partial charge in [-0.25, -0.2) is 14.6 Å². The fraction of sp³-hybridized carbons (Fsp3) is 0.172. The Labute approximate surface area is 226 Å². The predicted octanol–water partition coefficient (Wildman–Crippen LogP) is 3.77. The molecule has 9 nitrogen and oxygen atoms in total. The number of aromatic carboxylic acids is 1. The molecule has 0 spiro atoms. The largest absolute Gasteiger partial charge is 0.497 e. The minimum absolute atomic E-state index is 0.176. The van der Waals surface area contributed by atoms with Crippen LogP contribution in [0.2, 0.25) is 0 Å². The second-order valence-electron chi connectivity index (χ2n) is 8.66. The quantitative estimate of drug-likeness (QED) is 0.352. The number of benzene rings is 2. The Bertz CT molecular complexity index is 1770. The summed E-state index contributed by atoms with van der Waals surface area (Å²) in [6.07, 6.45) is 1.63. The van der Waals surface area contributed by atoms with E-state index in [2.05, 4.69) is 4.99 Å². The van der Waals surface area contributed by atoms with Crippen LogP contribution in [0.5, 0.6) is 5.75 Å². The monoisotopic (exact) mass is 544 g/mol. The number of carbonyl (C=O) groups is 2. The Hall–Kier alpha value is -4.70. The number of methoxy groups -OCH3 is 1. The number of allylic oxidation sites excluding steroid dienone is 1. The van der Waals surface area contributed by atoms with E-state index >= 15 is 0 Å². The molecule has 0 saturated carbocycles. The molecule has 2 aromatic heterocycles. The number of furan rings is 1. The van der Waals surface area contributed by atoms with Crippen molar-refractivity contribution in [3.63, 3.8) is 0 Å². The summed E-state index contributed by atoms with van der Waals surface area (Å²) in [5.41, 5.74) is 2.05. The molecule has 2 aromatic carbocycles. The van der Waals surface area contributed by atoms with Gasteiger partial charge < -0.3 is 19.0 Å². The molecule has 5 rings (SSSR count). The normalized spacial score (nSPS) is 15.1. The van der Waals surface area contributed by atoms with Gasteiger partial charge in [-0.15, -0.1) is 0 Å².